The average molecular weight is 409 g/mol. The highest BCUT2D eigenvalue weighted by Gasteiger charge is 2.30. The monoisotopic (exact) mass is 409 g/mol. The molecule has 2 N–H and O–H groups in total. The van der Waals surface area contributed by atoms with Crippen LogP contribution in [0.1, 0.15) is 42.9 Å². The Morgan fingerprint density at radius 2 is 1.90 bits per heavy atom. The summed E-state index contributed by atoms with van der Waals surface area (Å²) in [6.07, 6.45) is 5.43. The lowest BCUT2D eigenvalue weighted by Crippen LogP contribution is -2.27. The molecule has 1 unspecified atom stereocenters. The van der Waals surface area contributed by atoms with E-state index in [4.69, 9.17) is 9.47 Å². The standard InChI is InChI=1S/C23H27N3O4/c1-29-21-11-8-17(12-22(21)30-19-4-2-3-5-19)20-14-26(23(28)25-20)13-16-6-9-18(10-7-16)24-15-27/h6-12,15,19-20H,2-5,13-14H2,1H3,(H,24,27)(H,25,28). The topological polar surface area (TPSA) is 79.9 Å². The Bertz CT molecular complexity index is 894. The van der Waals surface area contributed by atoms with Gasteiger partial charge in [-0.05, 0) is 61.1 Å². The Labute approximate surface area is 176 Å². The summed E-state index contributed by atoms with van der Waals surface area (Å²) in [5, 5.41) is 5.67. The summed E-state index contributed by atoms with van der Waals surface area (Å²) in [5.41, 5.74) is 2.73. The molecule has 0 bridgehead atoms. The van der Waals surface area contributed by atoms with Gasteiger partial charge in [0.1, 0.15) is 0 Å². The Morgan fingerprint density at radius 1 is 1.13 bits per heavy atom. The summed E-state index contributed by atoms with van der Waals surface area (Å²) in [4.78, 5) is 24.8. The zero-order chi connectivity index (χ0) is 20.9. The van der Waals surface area contributed by atoms with Crippen LogP contribution in [-0.4, -0.2) is 37.1 Å². The Balaban J connectivity index is 1.44. The van der Waals surface area contributed by atoms with Crippen molar-refractivity contribution in [1.29, 1.82) is 0 Å². The van der Waals surface area contributed by atoms with Gasteiger partial charge in [-0.2, -0.15) is 0 Å². The number of urea groups is 1. The SMILES string of the molecule is COc1ccc(C2CN(Cc3ccc(NC=O)cc3)C(=O)N2)cc1OC1CCCC1. The molecule has 1 aliphatic heterocycles. The van der Waals surface area contributed by atoms with E-state index >= 15 is 0 Å². The first-order valence-electron chi connectivity index (χ1n) is 10.4. The molecule has 2 fully saturated rings. The first-order valence-corrected chi connectivity index (χ1v) is 10.4. The number of hydrogen-bond donors (Lipinski definition) is 2. The fourth-order valence-electron chi connectivity index (χ4n) is 4.10. The van der Waals surface area contributed by atoms with Gasteiger partial charge in [-0.15, -0.1) is 0 Å². The maximum Gasteiger partial charge on any atom is 0.318 e. The third kappa shape index (κ3) is 4.50. The first-order chi connectivity index (χ1) is 14.7. The van der Waals surface area contributed by atoms with Crippen LogP contribution in [0.4, 0.5) is 10.5 Å². The van der Waals surface area contributed by atoms with Gasteiger partial charge in [0, 0.05) is 18.8 Å². The summed E-state index contributed by atoms with van der Waals surface area (Å²) < 4.78 is 11.7. The second kappa shape index (κ2) is 9.07. The fourth-order valence-corrected chi connectivity index (χ4v) is 4.10. The van der Waals surface area contributed by atoms with Gasteiger partial charge in [-0.3, -0.25) is 4.79 Å². The molecule has 0 spiro atoms. The maximum atomic E-state index is 12.5. The van der Waals surface area contributed by atoms with Crippen molar-refractivity contribution in [2.45, 2.75) is 44.4 Å². The Kier molecular flexibility index (Phi) is 6.07. The molecule has 1 aliphatic carbocycles. The molecule has 2 aromatic rings. The molecule has 0 radical (unpaired) electrons. The van der Waals surface area contributed by atoms with Crippen LogP contribution in [0.15, 0.2) is 42.5 Å². The lowest BCUT2D eigenvalue weighted by Gasteiger charge is -2.19. The third-order valence-corrected chi connectivity index (χ3v) is 5.73. The van der Waals surface area contributed by atoms with Crippen LogP contribution in [0.3, 0.4) is 0 Å². The van der Waals surface area contributed by atoms with Gasteiger partial charge < -0.3 is 25.0 Å². The highest BCUT2D eigenvalue weighted by molar-refractivity contribution is 5.77. The molecular weight excluding hydrogens is 382 g/mol. The summed E-state index contributed by atoms with van der Waals surface area (Å²) in [6.45, 7) is 1.08. The lowest BCUT2D eigenvalue weighted by atomic mass is 10.1. The number of carbonyl (C=O) groups is 2. The van der Waals surface area contributed by atoms with Gasteiger partial charge >= 0.3 is 6.03 Å². The molecule has 1 heterocycles. The number of carbonyl (C=O) groups excluding carboxylic acids is 2. The second-order valence-corrected chi connectivity index (χ2v) is 7.78. The minimum atomic E-state index is -0.106. The molecule has 7 nitrogen and oxygen atoms in total. The Morgan fingerprint density at radius 3 is 2.60 bits per heavy atom. The number of nitrogens with one attached hydrogen (secondary N) is 2. The number of methoxy groups -OCH3 is 1. The van der Waals surface area contributed by atoms with Crippen LogP contribution in [0.5, 0.6) is 11.5 Å². The summed E-state index contributed by atoms with van der Waals surface area (Å²) in [7, 11) is 1.64. The minimum Gasteiger partial charge on any atom is -0.493 e. The van der Waals surface area contributed by atoms with Gasteiger partial charge in [0.05, 0.1) is 19.3 Å². The van der Waals surface area contributed by atoms with Crippen molar-refractivity contribution in [3.05, 3.63) is 53.6 Å². The molecule has 1 saturated heterocycles. The summed E-state index contributed by atoms with van der Waals surface area (Å²) in [5.74, 6) is 1.46. The van der Waals surface area contributed by atoms with E-state index in [2.05, 4.69) is 10.6 Å². The number of ether oxygens (including phenoxy) is 2. The van der Waals surface area contributed by atoms with E-state index < -0.39 is 0 Å². The van der Waals surface area contributed by atoms with Gasteiger partial charge in [-0.25, -0.2) is 4.79 Å². The molecule has 0 aromatic heterocycles. The van der Waals surface area contributed by atoms with E-state index in [-0.39, 0.29) is 18.2 Å². The molecule has 4 rings (SSSR count). The fraction of sp³-hybridized carbons (Fsp3) is 0.391. The van der Waals surface area contributed by atoms with Crippen LogP contribution in [0.2, 0.25) is 0 Å². The molecule has 2 aromatic carbocycles. The van der Waals surface area contributed by atoms with Crippen molar-refractivity contribution >= 4 is 18.1 Å². The third-order valence-electron chi connectivity index (χ3n) is 5.73. The summed E-state index contributed by atoms with van der Waals surface area (Å²) >= 11 is 0. The largest absolute Gasteiger partial charge is 0.493 e. The van der Waals surface area contributed by atoms with E-state index in [0.717, 1.165) is 41.2 Å². The number of rotatable bonds is 8. The number of amides is 3. The van der Waals surface area contributed by atoms with Gasteiger partial charge in [0.25, 0.3) is 0 Å². The molecule has 158 valence electrons. The molecular formula is C23H27N3O4. The number of anilines is 1. The predicted molar refractivity (Wildman–Crippen MR) is 114 cm³/mol. The minimum absolute atomic E-state index is 0.0934. The molecule has 2 aliphatic rings. The summed E-state index contributed by atoms with van der Waals surface area (Å²) in [6, 6.07) is 13.2. The number of benzene rings is 2. The van der Waals surface area contributed by atoms with E-state index in [1.54, 1.807) is 12.0 Å². The molecule has 30 heavy (non-hydrogen) atoms. The van der Waals surface area contributed by atoms with Crippen molar-refractivity contribution < 1.29 is 19.1 Å². The highest BCUT2D eigenvalue weighted by atomic mass is 16.5. The molecule has 7 heteroatoms. The van der Waals surface area contributed by atoms with E-state index in [9.17, 15) is 9.59 Å². The van der Waals surface area contributed by atoms with Crippen LogP contribution >= 0.6 is 0 Å². The predicted octanol–water partition coefficient (Wildman–Crippen LogP) is 3.85. The van der Waals surface area contributed by atoms with Crippen LogP contribution < -0.4 is 20.1 Å². The lowest BCUT2D eigenvalue weighted by molar-refractivity contribution is -0.105. The number of nitrogens with zero attached hydrogens (tertiary/aromatic N) is 1. The van der Waals surface area contributed by atoms with Crippen molar-refractivity contribution in [1.82, 2.24) is 10.2 Å². The second-order valence-electron chi connectivity index (χ2n) is 7.78. The van der Waals surface area contributed by atoms with E-state index in [1.165, 1.54) is 12.8 Å². The molecule has 3 amide bonds. The first kappa shape index (κ1) is 20.1. The molecule has 1 saturated carbocycles. The average Bonchev–Trinajstić information content (AvgIpc) is 3.40. The smallest absolute Gasteiger partial charge is 0.318 e. The zero-order valence-electron chi connectivity index (χ0n) is 17.1. The van der Waals surface area contributed by atoms with E-state index in [0.29, 0.717) is 19.5 Å². The van der Waals surface area contributed by atoms with Gasteiger partial charge in [0.2, 0.25) is 6.41 Å². The zero-order valence-corrected chi connectivity index (χ0v) is 17.1. The van der Waals surface area contributed by atoms with Crippen molar-refractivity contribution in [3.8, 4) is 11.5 Å². The number of hydrogen-bond acceptors (Lipinski definition) is 4. The normalized spacial score (nSPS) is 18.9. The van der Waals surface area contributed by atoms with Crippen molar-refractivity contribution in [2.75, 3.05) is 19.0 Å². The van der Waals surface area contributed by atoms with Gasteiger partial charge in [0.15, 0.2) is 11.5 Å². The molecule has 1 atom stereocenters. The van der Waals surface area contributed by atoms with Gasteiger partial charge in [-0.1, -0.05) is 18.2 Å². The van der Waals surface area contributed by atoms with Crippen LogP contribution in [-0.2, 0) is 11.3 Å². The van der Waals surface area contributed by atoms with Crippen LogP contribution in [0, 0.1) is 0 Å². The maximum absolute atomic E-state index is 12.5. The van der Waals surface area contributed by atoms with Crippen molar-refractivity contribution in [2.24, 2.45) is 0 Å². The van der Waals surface area contributed by atoms with Crippen LogP contribution in [0.25, 0.3) is 0 Å². The van der Waals surface area contributed by atoms with Crippen molar-refractivity contribution in [3.63, 3.8) is 0 Å². The Hall–Kier alpha value is -3.22. The highest BCUT2D eigenvalue weighted by Crippen LogP contribution is 2.35. The van der Waals surface area contributed by atoms with E-state index in [1.807, 2.05) is 42.5 Å². The quantitative estimate of drug-likeness (QED) is 0.649.